The Kier molecular flexibility index (Phi) is 4.42. The molecule has 1 aliphatic heterocycles. The lowest BCUT2D eigenvalue weighted by Crippen LogP contribution is -2.42. The predicted molar refractivity (Wildman–Crippen MR) is 100 cm³/mol. The summed E-state index contributed by atoms with van der Waals surface area (Å²) in [5, 5.41) is 21.3. The highest BCUT2D eigenvalue weighted by Crippen LogP contribution is 2.50. The SMILES string of the molecule is CC(C)Oc1ccc(N2CCC3(CCC(O)(c4cn[nH]n4)CC3)C2=O)cc1. The van der Waals surface area contributed by atoms with Crippen LogP contribution in [0.2, 0.25) is 0 Å². The van der Waals surface area contributed by atoms with E-state index in [1.165, 1.54) is 0 Å². The number of carbonyl (C=O) groups excluding carboxylic acids is 1. The third-order valence-electron chi connectivity index (χ3n) is 5.96. The molecule has 144 valence electrons. The van der Waals surface area contributed by atoms with Crippen molar-refractivity contribution in [2.24, 2.45) is 5.41 Å². The van der Waals surface area contributed by atoms with E-state index >= 15 is 0 Å². The van der Waals surface area contributed by atoms with Crippen LogP contribution >= 0.6 is 0 Å². The lowest BCUT2D eigenvalue weighted by atomic mass is 9.67. The zero-order chi connectivity index (χ0) is 19.1. The molecule has 1 saturated heterocycles. The average molecular weight is 370 g/mol. The molecule has 1 aromatic heterocycles. The molecule has 2 aromatic rings. The lowest BCUT2D eigenvalue weighted by molar-refractivity contribution is -0.131. The number of nitrogens with one attached hydrogen (secondary N) is 1. The average Bonchev–Trinajstić information content (AvgIpc) is 3.29. The molecule has 1 amide bonds. The van der Waals surface area contributed by atoms with Crippen LogP contribution in [-0.4, -0.2) is 39.1 Å². The highest BCUT2D eigenvalue weighted by atomic mass is 16.5. The van der Waals surface area contributed by atoms with Crippen LogP contribution in [0.3, 0.4) is 0 Å². The van der Waals surface area contributed by atoms with Crippen LogP contribution in [0.1, 0.15) is 51.6 Å². The third kappa shape index (κ3) is 3.20. The molecule has 7 heteroatoms. The van der Waals surface area contributed by atoms with E-state index in [4.69, 9.17) is 4.74 Å². The first-order valence-corrected chi connectivity index (χ1v) is 9.59. The van der Waals surface area contributed by atoms with Gasteiger partial charge in [-0.2, -0.15) is 15.4 Å². The smallest absolute Gasteiger partial charge is 0.233 e. The normalized spacial score (nSPS) is 28.3. The van der Waals surface area contributed by atoms with Gasteiger partial charge in [-0.05, 0) is 70.2 Å². The number of nitrogens with zero attached hydrogens (tertiary/aromatic N) is 3. The molecule has 1 saturated carbocycles. The first-order valence-electron chi connectivity index (χ1n) is 9.59. The molecule has 2 fully saturated rings. The summed E-state index contributed by atoms with van der Waals surface area (Å²) in [4.78, 5) is 15.1. The van der Waals surface area contributed by atoms with E-state index in [9.17, 15) is 9.90 Å². The molecule has 1 aromatic carbocycles. The van der Waals surface area contributed by atoms with E-state index in [2.05, 4.69) is 15.4 Å². The molecule has 0 radical (unpaired) electrons. The quantitative estimate of drug-likeness (QED) is 0.863. The van der Waals surface area contributed by atoms with Crippen molar-refractivity contribution in [2.75, 3.05) is 11.4 Å². The number of anilines is 1. The van der Waals surface area contributed by atoms with Crippen LogP contribution in [-0.2, 0) is 10.4 Å². The van der Waals surface area contributed by atoms with E-state index in [-0.39, 0.29) is 17.4 Å². The number of aliphatic hydroxyl groups is 1. The Morgan fingerprint density at radius 2 is 1.85 bits per heavy atom. The topological polar surface area (TPSA) is 91.3 Å². The van der Waals surface area contributed by atoms with Gasteiger partial charge in [-0.3, -0.25) is 4.79 Å². The summed E-state index contributed by atoms with van der Waals surface area (Å²) in [6.45, 7) is 4.70. The van der Waals surface area contributed by atoms with E-state index in [1.807, 2.05) is 43.0 Å². The van der Waals surface area contributed by atoms with Gasteiger partial charge >= 0.3 is 0 Å². The Morgan fingerprint density at radius 3 is 2.44 bits per heavy atom. The summed E-state index contributed by atoms with van der Waals surface area (Å²) in [6, 6.07) is 7.72. The van der Waals surface area contributed by atoms with E-state index in [0.29, 0.717) is 37.9 Å². The molecular weight excluding hydrogens is 344 g/mol. The number of benzene rings is 1. The summed E-state index contributed by atoms with van der Waals surface area (Å²) < 4.78 is 5.68. The summed E-state index contributed by atoms with van der Waals surface area (Å²) in [5.74, 6) is 0.979. The predicted octanol–water partition coefficient (Wildman–Crippen LogP) is 2.78. The molecule has 1 aliphatic carbocycles. The highest BCUT2D eigenvalue weighted by Gasteiger charge is 2.52. The molecule has 2 aliphatic rings. The maximum Gasteiger partial charge on any atom is 0.233 e. The lowest BCUT2D eigenvalue weighted by Gasteiger charge is -2.39. The number of carbonyl (C=O) groups is 1. The van der Waals surface area contributed by atoms with E-state index in [1.54, 1.807) is 6.20 Å². The van der Waals surface area contributed by atoms with E-state index in [0.717, 1.165) is 17.9 Å². The van der Waals surface area contributed by atoms with Gasteiger partial charge < -0.3 is 14.7 Å². The summed E-state index contributed by atoms with van der Waals surface area (Å²) >= 11 is 0. The minimum Gasteiger partial charge on any atom is -0.491 e. The number of amides is 1. The van der Waals surface area contributed by atoms with Gasteiger partial charge in [0.15, 0.2) is 0 Å². The minimum atomic E-state index is -0.984. The minimum absolute atomic E-state index is 0.123. The van der Waals surface area contributed by atoms with Gasteiger partial charge in [0.1, 0.15) is 17.0 Å². The molecule has 27 heavy (non-hydrogen) atoms. The number of H-pyrrole nitrogens is 1. The first kappa shape index (κ1) is 18.0. The Morgan fingerprint density at radius 1 is 1.15 bits per heavy atom. The molecular formula is C20H26N4O3. The standard InChI is InChI=1S/C20H26N4O3/c1-14(2)27-16-5-3-15(4-6-16)24-12-11-19(18(24)25)7-9-20(26,10-8-19)17-13-21-23-22-17/h3-6,13-14,26H,7-12H2,1-2H3,(H,21,22,23). The second-order valence-electron chi connectivity index (χ2n) is 8.03. The molecule has 0 bridgehead atoms. The number of hydrogen-bond donors (Lipinski definition) is 2. The molecule has 0 atom stereocenters. The molecule has 2 N–H and O–H groups in total. The summed E-state index contributed by atoms with van der Waals surface area (Å²) in [7, 11) is 0. The van der Waals surface area contributed by atoms with Gasteiger partial charge in [-0.25, -0.2) is 0 Å². The maximum atomic E-state index is 13.2. The Balaban J connectivity index is 1.46. The van der Waals surface area contributed by atoms with Gasteiger partial charge in [0.05, 0.1) is 17.7 Å². The van der Waals surface area contributed by atoms with Crippen molar-refractivity contribution < 1.29 is 14.6 Å². The Bertz CT molecular complexity index is 793. The summed E-state index contributed by atoms with van der Waals surface area (Å²) in [6.07, 6.45) is 4.91. The van der Waals surface area contributed by atoms with Crippen molar-refractivity contribution in [1.29, 1.82) is 0 Å². The van der Waals surface area contributed by atoms with Crippen molar-refractivity contribution in [2.45, 2.75) is 57.7 Å². The number of rotatable bonds is 4. The monoisotopic (exact) mass is 370 g/mol. The number of aromatic nitrogens is 3. The highest BCUT2D eigenvalue weighted by molar-refractivity contribution is 6.00. The van der Waals surface area contributed by atoms with Crippen molar-refractivity contribution in [1.82, 2.24) is 15.4 Å². The first-order chi connectivity index (χ1) is 12.9. The van der Waals surface area contributed by atoms with Crippen molar-refractivity contribution in [3.63, 3.8) is 0 Å². The van der Waals surface area contributed by atoms with Crippen LogP contribution in [0.25, 0.3) is 0 Å². The Hall–Kier alpha value is -2.41. The molecule has 7 nitrogen and oxygen atoms in total. The molecule has 0 unspecified atom stereocenters. The van der Waals surface area contributed by atoms with Crippen LogP contribution in [0.15, 0.2) is 30.5 Å². The third-order valence-corrected chi connectivity index (χ3v) is 5.96. The van der Waals surface area contributed by atoms with Crippen LogP contribution < -0.4 is 9.64 Å². The van der Waals surface area contributed by atoms with Crippen molar-refractivity contribution in [3.05, 3.63) is 36.2 Å². The number of hydrogen-bond acceptors (Lipinski definition) is 5. The van der Waals surface area contributed by atoms with Crippen LogP contribution in [0.4, 0.5) is 5.69 Å². The van der Waals surface area contributed by atoms with Gasteiger partial charge in [-0.1, -0.05) is 0 Å². The number of aromatic amines is 1. The van der Waals surface area contributed by atoms with E-state index < -0.39 is 5.60 Å². The van der Waals surface area contributed by atoms with Crippen molar-refractivity contribution in [3.8, 4) is 5.75 Å². The fourth-order valence-corrected chi connectivity index (χ4v) is 4.33. The zero-order valence-electron chi connectivity index (χ0n) is 15.8. The van der Waals surface area contributed by atoms with Gasteiger partial charge in [0, 0.05) is 12.2 Å². The van der Waals surface area contributed by atoms with Gasteiger partial charge in [0.2, 0.25) is 5.91 Å². The fraction of sp³-hybridized carbons (Fsp3) is 0.550. The van der Waals surface area contributed by atoms with Crippen molar-refractivity contribution >= 4 is 11.6 Å². The molecule has 2 heterocycles. The van der Waals surface area contributed by atoms with Gasteiger partial charge in [0.25, 0.3) is 0 Å². The zero-order valence-corrected chi connectivity index (χ0v) is 15.8. The maximum absolute atomic E-state index is 13.2. The van der Waals surface area contributed by atoms with Crippen LogP contribution in [0, 0.1) is 5.41 Å². The van der Waals surface area contributed by atoms with Crippen LogP contribution in [0.5, 0.6) is 5.75 Å². The molecule has 4 rings (SSSR count). The Labute approximate surface area is 158 Å². The largest absolute Gasteiger partial charge is 0.491 e. The second-order valence-corrected chi connectivity index (χ2v) is 8.03. The van der Waals surface area contributed by atoms with Gasteiger partial charge in [-0.15, -0.1) is 0 Å². The summed E-state index contributed by atoms with van der Waals surface area (Å²) in [5.41, 5.74) is 0.121. The second kappa shape index (κ2) is 6.64. The number of ether oxygens (including phenoxy) is 1. The fourth-order valence-electron chi connectivity index (χ4n) is 4.33. The molecule has 1 spiro atoms.